The molecule has 1 aliphatic heterocycles. The lowest BCUT2D eigenvalue weighted by atomic mass is 10.3. The Kier molecular flexibility index (Phi) is 2.12. The average Bonchev–Trinajstić information content (AvgIpc) is 2.73. The Bertz CT molecular complexity index is 394. The number of aromatic nitrogens is 2. The largest absolute Gasteiger partial charge is 0.336 e. The smallest absolute Gasteiger partial charge is 0.323 e. The zero-order valence-electron chi connectivity index (χ0n) is 7.62. The number of hydrogen-bond donors (Lipinski definition) is 3. The number of carbonyl (C=O) groups excluding carboxylic acids is 1. The van der Waals surface area contributed by atoms with Crippen LogP contribution >= 0.6 is 0 Å². The van der Waals surface area contributed by atoms with Gasteiger partial charge in [0.15, 0.2) is 0 Å². The van der Waals surface area contributed by atoms with Crippen LogP contribution in [0.25, 0.3) is 0 Å². The van der Waals surface area contributed by atoms with E-state index in [1.54, 1.807) is 4.90 Å². The molecule has 14 heavy (non-hydrogen) atoms. The molecule has 0 bridgehead atoms. The summed E-state index contributed by atoms with van der Waals surface area (Å²) >= 11 is 0. The minimum Gasteiger partial charge on any atom is -0.336 e. The van der Waals surface area contributed by atoms with E-state index < -0.39 is 0 Å². The van der Waals surface area contributed by atoms with Crippen molar-refractivity contribution in [3.8, 4) is 0 Å². The van der Waals surface area contributed by atoms with E-state index in [-0.39, 0.29) is 17.6 Å². The predicted octanol–water partition coefficient (Wildman–Crippen LogP) is -1.12. The number of aromatic amines is 2. The molecule has 1 fully saturated rings. The zero-order chi connectivity index (χ0) is 10.1. The SMILES string of the molecule is N[C@H]1CCN(C(=O)c2c[nH]c(=O)[nH]2)C1. The molecule has 4 N–H and O–H groups in total. The maximum Gasteiger partial charge on any atom is 0.323 e. The number of likely N-dealkylation sites (tertiary alicyclic amines) is 1. The third-order valence-electron chi connectivity index (χ3n) is 2.34. The second-order valence-corrected chi connectivity index (χ2v) is 3.46. The number of hydrogen-bond acceptors (Lipinski definition) is 3. The molecular formula is C8H12N4O2. The molecule has 2 heterocycles. The van der Waals surface area contributed by atoms with Crippen LogP contribution in [-0.4, -0.2) is 39.9 Å². The monoisotopic (exact) mass is 196 g/mol. The summed E-state index contributed by atoms with van der Waals surface area (Å²) in [5, 5.41) is 0. The number of carbonyl (C=O) groups is 1. The molecule has 1 atom stereocenters. The second kappa shape index (κ2) is 3.30. The quantitative estimate of drug-likeness (QED) is 0.530. The van der Waals surface area contributed by atoms with Gasteiger partial charge in [-0.15, -0.1) is 0 Å². The van der Waals surface area contributed by atoms with E-state index >= 15 is 0 Å². The van der Waals surface area contributed by atoms with Gasteiger partial charge in [-0.3, -0.25) is 4.79 Å². The highest BCUT2D eigenvalue weighted by molar-refractivity contribution is 5.92. The Labute approximate surface area is 80.1 Å². The van der Waals surface area contributed by atoms with Crippen molar-refractivity contribution in [2.24, 2.45) is 5.73 Å². The van der Waals surface area contributed by atoms with E-state index in [1.165, 1.54) is 6.20 Å². The van der Waals surface area contributed by atoms with Crippen LogP contribution in [0.1, 0.15) is 16.9 Å². The van der Waals surface area contributed by atoms with Crippen molar-refractivity contribution >= 4 is 5.91 Å². The molecule has 1 aromatic rings. The Morgan fingerprint density at radius 1 is 1.64 bits per heavy atom. The summed E-state index contributed by atoms with van der Waals surface area (Å²) in [7, 11) is 0. The van der Waals surface area contributed by atoms with E-state index in [9.17, 15) is 9.59 Å². The summed E-state index contributed by atoms with van der Waals surface area (Å²) in [6.45, 7) is 1.22. The summed E-state index contributed by atoms with van der Waals surface area (Å²) in [5.41, 5.74) is 5.60. The topological polar surface area (TPSA) is 95.0 Å². The van der Waals surface area contributed by atoms with Gasteiger partial charge < -0.3 is 20.6 Å². The normalized spacial score (nSPS) is 21.5. The molecule has 0 aromatic carbocycles. The van der Waals surface area contributed by atoms with Crippen molar-refractivity contribution in [1.82, 2.24) is 14.9 Å². The molecule has 2 rings (SSSR count). The van der Waals surface area contributed by atoms with Crippen LogP contribution in [0.5, 0.6) is 0 Å². The fraction of sp³-hybridized carbons (Fsp3) is 0.500. The van der Waals surface area contributed by atoms with Crippen LogP contribution in [0.15, 0.2) is 11.0 Å². The highest BCUT2D eigenvalue weighted by atomic mass is 16.2. The molecule has 76 valence electrons. The molecule has 0 saturated carbocycles. The number of nitrogens with one attached hydrogen (secondary N) is 2. The van der Waals surface area contributed by atoms with Gasteiger partial charge in [-0.25, -0.2) is 4.79 Å². The zero-order valence-corrected chi connectivity index (χ0v) is 7.62. The van der Waals surface area contributed by atoms with Gasteiger partial charge in [-0.05, 0) is 6.42 Å². The molecule has 0 spiro atoms. The summed E-state index contributed by atoms with van der Waals surface area (Å²) in [6, 6.07) is 0.0598. The Balaban J connectivity index is 2.13. The number of amides is 1. The van der Waals surface area contributed by atoms with Crippen molar-refractivity contribution in [3.05, 3.63) is 22.4 Å². The van der Waals surface area contributed by atoms with Gasteiger partial charge in [0.1, 0.15) is 5.69 Å². The number of imidazole rings is 1. The highest BCUT2D eigenvalue weighted by Gasteiger charge is 2.25. The van der Waals surface area contributed by atoms with E-state index in [1.807, 2.05) is 0 Å². The van der Waals surface area contributed by atoms with Gasteiger partial charge in [0.05, 0.1) is 0 Å². The van der Waals surface area contributed by atoms with E-state index in [4.69, 9.17) is 5.73 Å². The third kappa shape index (κ3) is 1.56. The molecule has 1 amide bonds. The first-order valence-electron chi connectivity index (χ1n) is 4.49. The minimum absolute atomic E-state index is 0.0598. The van der Waals surface area contributed by atoms with Crippen molar-refractivity contribution in [2.45, 2.75) is 12.5 Å². The molecule has 6 nitrogen and oxygen atoms in total. The third-order valence-corrected chi connectivity index (χ3v) is 2.34. The lowest BCUT2D eigenvalue weighted by Crippen LogP contribution is -2.32. The van der Waals surface area contributed by atoms with Crippen LogP contribution < -0.4 is 11.4 Å². The van der Waals surface area contributed by atoms with Gasteiger partial charge in [-0.1, -0.05) is 0 Å². The first-order valence-corrected chi connectivity index (χ1v) is 4.49. The summed E-state index contributed by atoms with van der Waals surface area (Å²) < 4.78 is 0. The highest BCUT2D eigenvalue weighted by Crippen LogP contribution is 2.09. The van der Waals surface area contributed by atoms with Crippen LogP contribution in [0.4, 0.5) is 0 Å². The van der Waals surface area contributed by atoms with Gasteiger partial charge in [0, 0.05) is 25.3 Å². The van der Waals surface area contributed by atoms with Crippen LogP contribution in [0.3, 0.4) is 0 Å². The van der Waals surface area contributed by atoms with Gasteiger partial charge in [0.2, 0.25) is 0 Å². The average molecular weight is 196 g/mol. The van der Waals surface area contributed by atoms with Crippen molar-refractivity contribution in [1.29, 1.82) is 0 Å². The lowest BCUT2D eigenvalue weighted by Gasteiger charge is -2.13. The summed E-state index contributed by atoms with van der Waals surface area (Å²) in [6.07, 6.45) is 2.20. The van der Waals surface area contributed by atoms with Crippen molar-refractivity contribution < 1.29 is 4.79 Å². The molecular weight excluding hydrogens is 184 g/mol. The Morgan fingerprint density at radius 3 is 2.93 bits per heavy atom. The maximum absolute atomic E-state index is 11.7. The van der Waals surface area contributed by atoms with E-state index in [0.29, 0.717) is 18.8 Å². The fourth-order valence-electron chi connectivity index (χ4n) is 1.59. The first-order chi connectivity index (χ1) is 6.66. The van der Waals surface area contributed by atoms with Gasteiger partial charge in [-0.2, -0.15) is 0 Å². The molecule has 0 aliphatic carbocycles. The van der Waals surface area contributed by atoms with Crippen LogP contribution in [-0.2, 0) is 0 Å². The Morgan fingerprint density at radius 2 is 2.43 bits per heavy atom. The predicted molar refractivity (Wildman–Crippen MR) is 49.9 cm³/mol. The Hall–Kier alpha value is -1.56. The van der Waals surface area contributed by atoms with Crippen LogP contribution in [0.2, 0.25) is 0 Å². The molecule has 0 radical (unpaired) electrons. The fourth-order valence-corrected chi connectivity index (χ4v) is 1.59. The minimum atomic E-state index is -0.364. The van der Waals surface area contributed by atoms with Gasteiger partial charge in [0.25, 0.3) is 5.91 Å². The van der Waals surface area contributed by atoms with E-state index in [2.05, 4.69) is 9.97 Å². The molecule has 6 heteroatoms. The number of nitrogens with two attached hydrogens (primary N) is 1. The molecule has 1 aliphatic rings. The molecule has 1 saturated heterocycles. The van der Waals surface area contributed by atoms with E-state index in [0.717, 1.165) is 6.42 Å². The van der Waals surface area contributed by atoms with Crippen molar-refractivity contribution in [2.75, 3.05) is 13.1 Å². The first kappa shape index (κ1) is 9.01. The summed E-state index contributed by atoms with van der Waals surface area (Å²) in [5.74, 6) is -0.170. The van der Waals surface area contributed by atoms with Crippen molar-refractivity contribution in [3.63, 3.8) is 0 Å². The van der Waals surface area contributed by atoms with Gasteiger partial charge >= 0.3 is 5.69 Å². The second-order valence-electron chi connectivity index (χ2n) is 3.46. The number of H-pyrrole nitrogens is 2. The standard InChI is InChI=1S/C8H12N4O2/c9-5-1-2-12(4-5)7(13)6-3-10-8(14)11-6/h3,5H,1-2,4,9H2,(H2,10,11,14)/t5-/m0/s1. The number of rotatable bonds is 1. The summed E-state index contributed by atoms with van der Waals surface area (Å²) in [4.78, 5) is 28.9. The molecule has 0 unspecified atom stereocenters. The number of nitrogens with zero attached hydrogens (tertiary/aromatic N) is 1. The molecule has 1 aromatic heterocycles. The lowest BCUT2D eigenvalue weighted by molar-refractivity contribution is 0.0785. The van der Waals surface area contributed by atoms with Crippen LogP contribution in [0, 0.1) is 0 Å². The maximum atomic E-state index is 11.7.